The van der Waals surface area contributed by atoms with Crippen LogP contribution in [-0.4, -0.2) is 20.8 Å². The minimum Gasteiger partial charge on any atom is -0.267 e. The summed E-state index contributed by atoms with van der Waals surface area (Å²) in [7, 11) is 0. The molecule has 3 aromatic carbocycles. The van der Waals surface area contributed by atoms with Gasteiger partial charge in [0.15, 0.2) is 0 Å². The number of halogens is 1. The number of aromatic nitrogens is 2. The van der Waals surface area contributed by atoms with Crippen molar-refractivity contribution < 1.29 is 14.1 Å². The van der Waals surface area contributed by atoms with Gasteiger partial charge in [-0.2, -0.15) is 0 Å². The Morgan fingerprint density at radius 1 is 0.844 bits per heavy atom. The molecule has 4 aromatic rings. The lowest BCUT2D eigenvalue weighted by Gasteiger charge is -2.11. The summed E-state index contributed by atoms with van der Waals surface area (Å²) >= 11 is 0. The highest BCUT2D eigenvalue weighted by Gasteiger charge is 2.12. The second-order valence-electron chi connectivity index (χ2n) is 6.72. The van der Waals surface area contributed by atoms with Gasteiger partial charge in [0.25, 0.3) is 11.6 Å². The summed E-state index contributed by atoms with van der Waals surface area (Å²) < 4.78 is 13.3. The Bertz CT molecular complexity index is 1260. The van der Waals surface area contributed by atoms with Gasteiger partial charge in [0.2, 0.25) is 5.95 Å². The Hall–Kier alpha value is -4.66. The van der Waals surface area contributed by atoms with E-state index < -0.39 is 10.8 Å². The summed E-state index contributed by atoms with van der Waals surface area (Å²) in [5.41, 5.74) is 7.93. The van der Waals surface area contributed by atoms with Crippen molar-refractivity contribution in [1.82, 2.24) is 15.4 Å². The lowest BCUT2D eigenvalue weighted by molar-refractivity contribution is -0.384. The highest BCUT2D eigenvalue weighted by molar-refractivity contribution is 5.95. The van der Waals surface area contributed by atoms with Crippen LogP contribution in [-0.2, 0) is 0 Å². The molecule has 0 saturated carbocycles. The Balaban J connectivity index is 1.61. The molecule has 0 unspecified atom stereocenters. The molecule has 0 fully saturated rings. The van der Waals surface area contributed by atoms with Crippen LogP contribution in [0.3, 0.4) is 0 Å². The minimum atomic E-state index is -0.542. The molecule has 158 valence electrons. The number of nitrogens with zero attached hydrogens (tertiary/aromatic N) is 3. The molecule has 0 aliphatic carbocycles. The number of hydrazine groups is 1. The molecule has 1 amide bonds. The molecule has 4 rings (SSSR count). The van der Waals surface area contributed by atoms with Gasteiger partial charge in [0.1, 0.15) is 5.82 Å². The summed E-state index contributed by atoms with van der Waals surface area (Å²) in [4.78, 5) is 31.5. The van der Waals surface area contributed by atoms with E-state index in [1.165, 1.54) is 36.4 Å². The van der Waals surface area contributed by atoms with Crippen molar-refractivity contribution in [2.24, 2.45) is 0 Å². The van der Waals surface area contributed by atoms with Gasteiger partial charge in [0, 0.05) is 28.8 Å². The number of carbonyl (C=O) groups excluding carboxylic acids is 1. The van der Waals surface area contributed by atoms with Crippen molar-refractivity contribution in [1.29, 1.82) is 0 Å². The third-order valence-electron chi connectivity index (χ3n) is 4.56. The molecular weight excluding hydrogens is 413 g/mol. The Morgan fingerprint density at radius 2 is 1.44 bits per heavy atom. The van der Waals surface area contributed by atoms with Gasteiger partial charge in [-0.05, 0) is 42.5 Å². The number of non-ortho nitro benzene ring substituents is 1. The monoisotopic (exact) mass is 429 g/mol. The predicted octanol–water partition coefficient (Wildman–Crippen LogP) is 4.61. The predicted molar refractivity (Wildman–Crippen MR) is 117 cm³/mol. The fourth-order valence-corrected chi connectivity index (χ4v) is 2.95. The van der Waals surface area contributed by atoms with Crippen LogP contribution in [0.1, 0.15) is 10.4 Å². The van der Waals surface area contributed by atoms with E-state index in [1.807, 2.05) is 30.3 Å². The van der Waals surface area contributed by atoms with Crippen LogP contribution in [0, 0.1) is 15.9 Å². The van der Waals surface area contributed by atoms with Gasteiger partial charge in [-0.15, -0.1) is 0 Å². The van der Waals surface area contributed by atoms with Crippen molar-refractivity contribution in [2.45, 2.75) is 0 Å². The van der Waals surface area contributed by atoms with E-state index in [9.17, 15) is 19.3 Å². The molecule has 1 aromatic heterocycles. The molecule has 9 heteroatoms. The van der Waals surface area contributed by atoms with Gasteiger partial charge in [-0.25, -0.2) is 14.4 Å². The zero-order chi connectivity index (χ0) is 22.5. The van der Waals surface area contributed by atoms with Crippen LogP contribution in [0.5, 0.6) is 0 Å². The summed E-state index contributed by atoms with van der Waals surface area (Å²) in [6, 6.07) is 22.2. The molecule has 0 spiro atoms. The normalized spacial score (nSPS) is 10.4. The number of rotatable bonds is 6. The number of nitro benzene ring substituents is 1. The van der Waals surface area contributed by atoms with E-state index in [2.05, 4.69) is 20.8 Å². The standard InChI is InChI=1S/C23H16FN5O3/c24-18-10-6-16(7-11-18)21-14-20(15-4-2-1-3-5-15)25-23(26-21)28-27-22(30)17-8-12-19(13-9-17)29(31)32/h1-14H,(H,27,30)(H,25,26,28). The molecular formula is C23H16FN5O3. The maximum Gasteiger partial charge on any atom is 0.269 e. The van der Waals surface area contributed by atoms with Crippen molar-refractivity contribution in [3.05, 3.63) is 106 Å². The average molecular weight is 429 g/mol. The first-order valence-corrected chi connectivity index (χ1v) is 9.51. The minimum absolute atomic E-state index is 0.114. The van der Waals surface area contributed by atoms with E-state index in [0.29, 0.717) is 17.0 Å². The fourth-order valence-electron chi connectivity index (χ4n) is 2.95. The summed E-state index contributed by atoms with van der Waals surface area (Å²) in [5.74, 6) is -0.752. The van der Waals surface area contributed by atoms with Crippen molar-refractivity contribution in [3.63, 3.8) is 0 Å². The van der Waals surface area contributed by atoms with E-state index in [0.717, 1.165) is 5.56 Å². The summed E-state index contributed by atoms with van der Waals surface area (Å²) in [6.07, 6.45) is 0. The van der Waals surface area contributed by atoms with Crippen molar-refractivity contribution >= 4 is 17.5 Å². The average Bonchev–Trinajstić information content (AvgIpc) is 2.83. The molecule has 0 bridgehead atoms. The topological polar surface area (TPSA) is 110 Å². The van der Waals surface area contributed by atoms with E-state index in [-0.39, 0.29) is 23.0 Å². The lowest BCUT2D eigenvalue weighted by atomic mass is 10.1. The lowest BCUT2D eigenvalue weighted by Crippen LogP contribution is -2.30. The number of hydrogen-bond donors (Lipinski definition) is 2. The van der Waals surface area contributed by atoms with Gasteiger partial charge in [-0.3, -0.25) is 25.8 Å². The number of anilines is 1. The van der Waals surface area contributed by atoms with E-state index in [4.69, 9.17) is 0 Å². The first kappa shape index (κ1) is 20.6. The zero-order valence-corrected chi connectivity index (χ0v) is 16.5. The molecule has 0 aliphatic rings. The first-order valence-electron chi connectivity index (χ1n) is 9.51. The zero-order valence-electron chi connectivity index (χ0n) is 16.5. The SMILES string of the molecule is O=C(NNc1nc(-c2ccccc2)cc(-c2ccc(F)cc2)n1)c1ccc([N+](=O)[O-])cc1. The van der Waals surface area contributed by atoms with E-state index >= 15 is 0 Å². The molecule has 2 N–H and O–H groups in total. The number of amides is 1. The summed E-state index contributed by atoms with van der Waals surface area (Å²) in [5, 5.41) is 10.8. The van der Waals surface area contributed by atoms with Crippen LogP contribution in [0.25, 0.3) is 22.5 Å². The molecule has 32 heavy (non-hydrogen) atoms. The van der Waals surface area contributed by atoms with Crippen molar-refractivity contribution in [3.8, 4) is 22.5 Å². The van der Waals surface area contributed by atoms with Crippen LogP contribution >= 0.6 is 0 Å². The molecule has 0 aliphatic heterocycles. The van der Waals surface area contributed by atoms with E-state index in [1.54, 1.807) is 18.2 Å². The highest BCUT2D eigenvalue weighted by atomic mass is 19.1. The third-order valence-corrected chi connectivity index (χ3v) is 4.56. The maximum atomic E-state index is 13.3. The molecule has 8 nitrogen and oxygen atoms in total. The number of carbonyl (C=O) groups is 1. The number of nitrogens with one attached hydrogen (secondary N) is 2. The molecule has 0 atom stereocenters. The number of hydrogen-bond acceptors (Lipinski definition) is 6. The number of nitro groups is 1. The third kappa shape index (κ3) is 4.73. The maximum absolute atomic E-state index is 13.3. The summed E-state index contributed by atoms with van der Waals surface area (Å²) in [6.45, 7) is 0. The van der Waals surface area contributed by atoms with Gasteiger partial charge >= 0.3 is 0 Å². The van der Waals surface area contributed by atoms with Gasteiger partial charge in [0.05, 0.1) is 16.3 Å². The smallest absolute Gasteiger partial charge is 0.267 e. The first-order chi connectivity index (χ1) is 15.5. The Kier molecular flexibility index (Phi) is 5.80. The fraction of sp³-hybridized carbons (Fsp3) is 0. The highest BCUT2D eigenvalue weighted by Crippen LogP contribution is 2.25. The van der Waals surface area contributed by atoms with Gasteiger partial charge < -0.3 is 0 Å². The second kappa shape index (κ2) is 9.00. The van der Waals surface area contributed by atoms with Crippen LogP contribution in [0.4, 0.5) is 16.0 Å². The van der Waals surface area contributed by atoms with Crippen molar-refractivity contribution in [2.75, 3.05) is 5.43 Å². The Morgan fingerprint density at radius 3 is 2.03 bits per heavy atom. The van der Waals surface area contributed by atoms with Crippen LogP contribution in [0.2, 0.25) is 0 Å². The quantitative estimate of drug-likeness (QED) is 0.342. The number of benzene rings is 3. The molecule has 0 radical (unpaired) electrons. The second-order valence-corrected chi connectivity index (χ2v) is 6.72. The van der Waals surface area contributed by atoms with Gasteiger partial charge in [-0.1, -0.05) is 30.3 Å². The molecule has 1 heterocycles. The van der Waals surface area contributed by atoms with Crippen LogP contribution < -0.4 is 10.9 Å². The van der Waals surface area contributed by atoms with Crippen LogP contribution in [0.15, 0.2) is 84.9 Å². The molecule has 0 saturated heterocycles. The largest absolute Gasteiger partial charge is 0.269 e. The Labute approximate surface area is 181 Å².